The van der Waals surface area contributed by atoms with Gasteiger partial charge in [-0.25, -0.2) is 8.42 Å². The van der Waals surface area contributed by atoms with E-state index in [9.17, 15) is 13.2 Å². The molecule has 134 valence electrons. The highest BCUT2D eigenvalue weighted by Crippen LogP contribution is 2.20. The fourth-order valence-electron chi connectivity index (χ4n) is 2.54. The van der Waals surface area contributed by atoms with Crippen LogP contribution in [0.4, 0.5) is 11.4 Å². The molecule has 0 heterocycles. The summed E-state index contributed by atoms with van der Waals surface area (Å²) in [5.74, 6) is 0.208. The molecule has 2 rings (SSSR count). The maximum atomic E-state index is 12.3. The summed E-state index contributed by atoms with van der Waals surface area (Å²) in [6.45, 7) is 6.34. The van der Waals surface area contributed by atoms with Gasteiger partial charge in [0.25, 0.3) is 5.91 Å². The van der Waals surface area contributed by atoms with Crippen LogP contribution in [0.25, 0.3) is 0 Å². The zero-order valence-electron chi connectivity index (χ0n) is 15.0. The van der Waals surface area contributed by atoms with Crippen molar-refractivity contribution in [3.8, 4) is 0 Å². The summed E-state index contributed by atoms with van der Waals surface area (Å²) in [6.07, 6.45) is 1.16. The molecule has 0 atom stereocenters. The molecule has 1 N–H and O–H groups in total. The van der Waals surface area contributed by atoms with E-state index in [1.54, 1.807) is 31.2 Å². The number of hydrogen-bond donors (Lipinski definition) is 1. The number of benzene rings is 2. The molecule has 0 aliphatic rings. The second kappa shape index (κ2) is 7.70. The molecule has 0 spiro atoms. The van der Waals surface area contributed by atoms with Crippen LogP contribution in [0.3, 0.4) is 0 Å². The Balaban J connectivity index is 2.12. The smallest absolute Gasteiger partial charge is 0.255 e. The number of amides is 1. The van der Waals surface area contributed by atoms with Crippen LogP contribution < -0.4 is 9.62 Å². The fraction of sp³-hybridized carbons (Fsp3) is 0.316. The summed E-state index contributed by atoms with van der Waals surface area (Å²) < 4.78 is 24.8. The molecule has 0 saturated heterocycles. The second-order valence-corrected chi connectivity index (χ2v) is 8.11. The Hall–Kier alpha value is -2.34. The summed E-state index contributed by atoms with van der Waals surface area (Å²) in [6, 6.07) is 14.3. The zero-order chi connectivity index (χ0) is 18.6. The van der Waals surface area contributed by atoms with Crippen molar-refractivity contribution in [2.24, 2.45) is 0 Å². The Kier molecular flexibility index (Phi) is 5.85. The summed E-state index contributed by atoms with van der Waals surface area (Å²) in [5.41, 5.74) is 2.96. The molecule has 0 aliphatic carbocycles. The summed E-state index contributed by atoms with van der Waals surface area (Å²) in [7, 11) is -3.33. The van der Waals surface area contributed by atoms with Crippen LogP contribution in [0.2, 0.25) is 0 Å². The minimum atomic E-state index is -3.33. The average molecular weight is 360 g/mol. The summed E-state index contributed by atoms with van der Waals surface area (Å²) >= 11 is 0. The lowest BCUT2D eigenvalue weighted by atomic mass is 10.0. The Bertz CT molecular complexity index is 826. The van der Waals surface area contributed by atoms with Gasteiger partial charge in [0.15, 0.2) is 0 Å². The first-order valence-corrected chi connectivity index (χ1v) is 10.1. The van der Waals surface area contributed by atoms with Crippen molar-refractivity contribution >= 4 is 27.3 Å². The van der Waals surface area contributed by atoms with Crippen LogP contribution in [0.15, 0.2) is 48.5 Å². The molecule has 25 heavy (non-hydrogen) atoms. The third kappa shape index (κ3) is 4.82. The summed E-state index contributed by atoms with van der Waals surface area (Å²) in [5, 5.41) is 2.85. The van der Waals surface area contributed by atoms with Crippen molar-refractivity contribution in [1.29, 1.82) is 0 Å². The summed E-state index contributed by atoms with van der Waals surface area (Å²) in [4.78, 5) is 12.3. The molecule has 2 aromatic carbocycles. The Morgan fingerprint density at radius 1 is 1.04 bits per heavy atom. The lowest BCUT2D eigenvalue weighted by Crippen LogP contribution is -2.29. The van der Waals surface area contributed by atoms with Crippen LogP contribution in [0.5, 0.6) is 0 Å². The molecule has 2 aromatic rings. The number of carbonyl (C=O) groups is 1. The van der Waals surface area contributed by atoms with E-state index in [1.165, 1.54) is 9.87 Å². The lowest BCUT2D eigenvalue weighted by molar-refractivity contribution is 0.102. The van der Waals surface area contributed by atoms with E-state index in [1.807, 2.05) is 24.3 Å². The van der Waals surface area contributed by atoms with E-state index in [0.717, 1.165) is 11.9 Å². The van der Waals surface area contributed by atoms with Gasteiger partial charge in [0.2, 0.25) is 10.0 Å². The zero-order valence-corrected chi connectivity index (χ0v) is 15.8. The third-order valence-corrected chi connectivity index (χ3v) is 5.21. The van der Waals surface area contributed by atoms with Gasteiger partial charge >= 0.3 is 0 Å². The standard InChI is InChI=1S/C19H24N2O3S/c1-5-21(25(4,23)24)18-12-8-16(9-13-18)19(22)20-17-10-6-15(7-11-17)14(2)3/h6-14H,5H2,1-4H3,(H,20,22). The van der Waals surface area contributed by atoms with E-state index in [4.69, 9.17) is 0 Å². The first-order valence-electron chi connectivity index (χ1n) is 8.21. The van der Waals surface area contributed by atoms with Gasteiger partial charge < -0.3 is 5.32 Å². The molecule has 0 saturated carbocycles. The minimum absolute atomic E-state index is 0.230. The lowest BCUT2D eigenvalue weighted by Gasteiger charge is -2.20. The van der Waals surface area contributed by atoms with E-state index >= 15 is 0 Å². The van der Waals surface area contributed by atoms with Gasteiger partial charge in [-0.3, -0.25) is 9.10 Å². The minimum Gasteiger partial charge on any atom is -0.322 e. The molecular weight excluding hydrogens is 336 g/mol. The molecule has 0 bridgehead atoms. The second-order valence-electron chi connectivity index (χ2n) is 6.21. The maximum Gasteiger partial charge on any atom is 0.255 e. The average Bonchev–Trinajstić information content (AvgIpc) is 2.55. The number of rotatable bonds is 6. The van der Waals surface area contributed by atoms with E-state index in [-0.39, 0.29) is 5.91 Å². The van der Waals surface area contributed by atoms with Crippen molar-refractivity contribution < 1.29 is 13.2 Å². The first kappa shape index (κ1) is 19.0. The molecule has 5 nitrogen and oxygen atoms in total. The van der Waals surface area contributed by atoms with Gasteiger partial charge in [0, 0.05) is 17.8 Å². The van der Waals surface area contributed by atoms with Crippen LogP contribution in [-0.2, 0) is 10.0 Å². The van der Waals surface area contributed by atoms with Crippen molar-refractivity contribution in [3.63, 3.8) is 0 Å². The Morgan fingerprint density at radius 3 is 2.04 bits per heavy atom. The number of carbonyl (C=O) groups excluding carboxylic acids is 1. The third-order valence-electron chi connectivity index (χ3n) is 3.94. The SMILES string of the molecule is CCN(c1ccc(C(=O)Nc2ccc(C(C)C)cc2)cc1)S(C)(=O)=O. The van der Waals surface area contributed by atoms with Crippen molar-refractivity contribution in [2.75, 3.05) is 22.4 Å². The van der Waals surface area contributed by atoms with Gasteiger partial charge in [-0.2, -0.15) is 0 Å². The van der Waals surface area contributed by atoms with Gasteiger partial charge in [0.05, 0.1) is 11.9 Å². The van der Waals surface area contributed by atoms with Crippen LogP contribution >= 0.6 is 0 Å². The van der Waals surface area contributed by atoms with Crippen molar-refractivity contribution in [3.05, 3.63) is 59.7 Å². The molecule has 0 unspecified atom stereocenters. The van der Waals surface area contributed by atoms with Crippen LogP contribution in [-0.4, -0.2) is 27.1 Å². The van der Waals surface area contributed by atoms with Gasteiger partial charge in [-0.1, -0.05) is 26.0 Å². The molecule has 0 radical (unpaired) electrons. The van der Waals surface area contributed by atoms with Crippen molar-refractivity contribution in [1.82, 2.24) is 0 Å². The number of nitrogens with zero attached hydrogens (tertiary/aromatic N) is 1. The van der Waals surface area contributed by atoms with E-state index < -0.39 is 10.0 Å². The van der Waals surface area contributed by atoms with Gasteiger partial charge in [-0.15, -0.1) is 0 Å². The molecule has 0 fully saturated rings. The van der Waals surface area contributed by atoms with Gasteiger partial charge in [-0.05, 0) is 54.8 Å². The highest BCUT2D eigenvalue weighted by Gasteiger charge is 2.15. The van der Waals surface area contributed by atoms with Crippen LogP contribution in [0.1, 0.15) is 42.6 Å². The van der Waals surface area contributed by atoms with Crippen molar-refractivity contribution in [2.45, 2.75) is 26.7 Å². The molecule has 1 amide bonds. The quantitative estimate of drug-likeness (QED) is 0.851. The monoisotopic (exact) mass is 360 g/mol. The number of anilines is 2. The highest BCUT2D eigenvalue weighted by molar-refractivity contribution is 7.92. The fourth-order valence-corrected chi connectivity index (χ4v) is 3.52. The predicted octanol–water partition coefficient (Wildman–Crippen LogP) is 3.85. The molecular formula is C19H24N2O3S. The van der Waals surface area contributed by atoms with E-state index in [2.05, 4.69) is 19.2 Å². The van der Waals surface area contributed by atoms with E-state index in [0.29, 0.717) is 23.7 Å². The van der Waals surface area contributed by atoms with Crippen LogP contribution in [0, 0.1) is 0 Å². The Morgan fingerprint density at radius 2 is 1.60 bits per heavy atom. The maximum absolute atomic E-state index is 12.3. The number of hydrogen-bond acceptors (Lipinski definition) is 3. The topological polar surface area (TPSA) is 66.5 Å². The number of nitrogens with one attached hydrogen (secondary N) is 1. The molecule has 0 aromatic heterocycles. The Labute approximate surface area is 149 Å². The largest absolute Gasteiger partial charge is 0.322 e. The highest BCUT2D eigenvalue weighted by atomic mass is 32.2. The first-order chi connectivity index (χ1) is 11.7. The predicted molar refractivity (Wildman–Crippen MR) is 103 cm³/mol. The normalized spacial score (nSPS) is 11.4. The van der Waals surface area contributed by atoms with Gasteiger partial charge in [0.1, 0.15) is 0 Å². The molecule has 0 aliphatic heterocycles. The molecule has 6 heteroatoms. The number of sulfonamides is 1.